The van der Waals surface area contributed by atoms with Crippen LogP contribution in [0.25, 0.3) is 0 Å². The van der Waals surface area contributed by atoms with Crippen molar-refractivity contribution in [2.75, 3.05) is 21.2 Å². The highest BCUT2D eigenvalue weighted by Gasteiger charge is 2.18. The number of likely N-dealkylation sites (N-methyl/N-ethyl adjacent to an activating group) is 1. The molecule has 15 heavy (non-hydrogen) atoms. The van der Waals surface area contributed by atoms with Crippen LogP contribution in [0.1, 0.15) is 20.3 Å². The Morgan fingerprint density at radius 3 is 2.27 bits per heavy atom. The van der Waals surface area contributed by atoms with Crippen LogP contribution >= 0.6 is 0 Å². The van der Waals surface area contributed by atoms with Crippen molar-refractivity contribution in [1.29, 1.82) is 0 Å². The van der Waals surface area contributed by atoms with E-state index in [-0.39, 0.29) is 30.4 Å². The molecule has 0 saturated heterocycles. The number of carbonyl (C=O) groups is 2. The average Bonchev–Trinajstić information content (AvgIpc) is 2.15. The Bertz CT molecular complexity index is 229. The molecule has 0 heterocycles. The topological polar surface area (TPSA) is 58.6 Å². The molecule has 0 aromatic heterocycles. The van der Waals surface area contributed by atoms with Crippen molar-refractivity contribution < 1.29 is 14.3 Å². The van der Waals surface area contributed by atoms with Crippen LogP contribution in [0.15, 0.2) is 0 Å². The fourth-order valence-electron chi connectivity index (χ4n) is 1.28. The zero-order chi connectivity index (χ0) is 12.0. The van der Waals surface area contributed by atoms with Gasteiger partial charge in [0.25, 0.3) is 0 Å². The second-order valence-corrected chi connectivity index (χ2v) is 3.80. The molecule has 0 bridgehead atoms. The summed E-state index contributed by atoms with van der Waals surface area (Å²) in [6, 6.07) is -0.365. The van der Waals surface area contributed by atoms with Crippen molar-refractivity contribution in [3.63, 3.8) is 0 Å². The van der Waals surface area contributed by atoms with Crippen molar-refractivity contribution in [1.82, 2.24) is 10.2 Å². The van der Waals surface area contributed by atoms with Crippen molar-refractivity contribution >= 4 is 11.9 Å². The van der Waals surface area contributed by atoms with Crippen LogP contribution in [0.3, 0.4) is 0 Å². The highest BCUT2D eigenvalue weighted by atomic mass is 16.5. The molecular formula is C10H20N2O3. The van der Waals surface area contributed by atoms with E-state index in [1.54, 1.807) is 21.0 Å². The van der Waals surface area contributed by atoms with Crippen molar-refractivity contribution in [3.05, 3.63) is 0 Å². The van der Waals surface area contributed by atoms with E-state index < -0.39 is 0 Å². The van der Waals surface area contributed by atoms with Gasteiger partial charge in [-0.2, -0.15) is 0 Å². The number of nitrogens with one attached hydrogen (secondary N) is 1. The number of amides is 1. The third-order valence-electron chi connectivity index (χ3n) is 2.05. The van der Waals surface area contributed by atoms with Gasteiger partial charge in [0.15, 0.2) is 0 Å². The van der Waals surface area contributed by atoms with Gasteiger partial charge in [-0.05, 0) is 13.8 Å². The van der Waals surface area contributed by atoms with Crippen molar-refractivity contribution in [2.45, 2.75) is 32.4 Å². The van der Waals surface area contributed by atoms with Gasteiger partial charge in [0.2, 0.25) is 5.91 Å². The quantitative estimate of drug-likeness (QED) is 0.657. The van der Waals surface area contributed by atoms with E-state index in [9.17, 15) is 9.59 Å². The van der Waals surface area contributed by atoms with Gasteiger partial charge < -0.3 is 15.0 Å². The molecule has 0 rings (SSSR count). The molecule has 2 unspecified atom stereocenters. The number of methoxy groups -OCH3 is 1. The minimum Gasteiger partial charge on any atom is -0.469 e. The Balaban J connectivity index is 4.01. The van der Waals surface area contributed by atoms with Crippen molar-refractivity contribution in [2.24, 2.45) is 0 Å². The molecular weight excluding hydrogens is 196 g/mol. The highest BCUT2D eigenvalue weighted by Crippen LogP contribution is 1.97. The summed E-state index contributed by atoms with van der Waals surface area (Å²) in [5.41, 5.74) is 0. The summed E-state index contributed by atoms with van der Waals surface area (Å²) in [5, 5.41) is 3.03. The van der Waals surface area contributed by atoms with Crippen LogP contribution in [-0.2, 0) is 14.3 Å². The number of carbonyl (C=O) groups excluding carboxylic acids is 2. The second kappa shape index (κ2) is 6.40. The van der Waals surface area contributed by atoms with Gasteiger partial charge in [-0.3, -0.25) is 9.59 Å². The Morgan fingerprint density at radius 1 is 1.33 bits per heavy atom. The highest BCUT2D eigenvalue weighted by molar-refractivity contribution is 5.81. The molecule has 0 radical (unpaired) electrons. The molecule has 0 aliphatic heterocycles. The third-order valence-corrected chi connectivity index (χ3v) is 2.05. The van der Waals surface area contributed by atoms with Gasteiger partial charge in [-0.15, -0.1) is 0 Å². The molecule has 0 saturated carbocycles. The molecule has 0 aliphatic rings. The van der Waals surface area contributed by atoms with Crippen LogP contribution in [0, 0.1) is 0 Å². The van der Waals surface area contributed by atoms with E-state index in [0.29, 0.717) is 0 Å². The molecule has 0 aliphatic carbocycles. The van der Waals surface area contributed by atoms with Crippen LogP contribution in [0.5, 0.6) is 0 Å². The van der Waals surface area contributed by atoms with Crippen LogP contribution < -0.4 is 5.32 Å². The minimum absolute atomic E-state index is 0.00767. The lowest BCUT2D eigenvalue weighted by Gasteiger charge is -2.21. The first kappa shape index (κ1) is 13.9. The third kappa shape index (κ3) is 5.37. The molecule has 88 valence electrons. The van der Waals surface area contributed by atoms with Crippen LogP contribution in [-0.4, -0.2) is 50.1 Å². The van der Waals surface area contributed by atoms with Gasteiger partial charge >= 0.3 is 5.97 Å². The summed E-state index contributed by atoms with van der Waals surface area (Å²) in [5.74, 6) is -0.286. The lowest BCUT2D eigenvalue weighted by Crippen LogP contribution is -2.45. The summed E-state index contributed by atoms with van der Waals surface area (Å²) >= 11 is 0. The minimum atomic E-state index is -0.292. The van der Waals surface area contributed by atoms with E-state index in [1.807, 2.05) is 6.92 Å². The molecule has 1 N–H and O–H groups in total. The molecule has 5 nitrogen and oxygen atoms in total. The van der Waals surface area contributed by atoms with E-state index in [1.165, 1.54) is 12.0 Å². The predicted octanol–water partition coefficient (Wildman–Crippen LogP) is 0.00430. The largest absolute Gasteiger partial charge is 0.469 e. The maximum atomic E-state index is 11.5. The summed E-state index contributed by atoms with van der Waals surface area (Å²) in [6.07, 6.45) is 0.265. The molecule has 0 aromatic carbocycles. The maximum Gasteiger partial charge on any atom is 0.307 e. The van der Waals surface area contributed by atoms with Crippen LogP contribution in [0.4, 0.5) is 0 Å². The Hall–Kier alpha value is -1.10. The number of hydrogen-bond donors (Lipinski definition) is 1. The normalized spacial score (nSPS) is 14.2. The zero-order valence-corrected chi connectivity index (χ0v) is 10.0. The molecule has 0 fully saturated rings. The number of hydrogen-bond acceptors (Lipinski definition) is 4. The fraction of sp³-hybridized carbons (Fsp3) is 0.800. The number of nitrogens with zero attached hydrogens (tertiary/aromatic N) is 1. The standard InChI is InChI=1S/C10H20N2O3/c1-7(6-9(13)15-5)11-8(2)10(14)12(3)4/h7-8,11H,6H2,1-5H3. The van der Waals surface area contributed by atoms with Gasteiger partial charge in [-0.25, -0.2) is 0 Å². The van der Waals surface area contributed by atoms with Gasteiger partial charge in [0.05, 0.1) is 19.6 Å². The zero-order valence-electron chi connectivity index (χ0n) is 10.0. The van der Waals surface area contributed by atoms with E-state index in [2.05, 4.69) is 10.1 Å². The van der Waals surface area contributed by atoms with Crippen molar-refractivity contribution in [3.8, 4) is 0 Å². The predicted molar refractivity (Wildman–Crippen MR) is 57.4 cm³/mol. The molecule has 0 aromatic rings. The molecule has 5 heteroatoms. The summed E-state index contributed by atoms with van der Waals surface area (Å²) < 4.78 is 4.54. The number of rotatable bonds is 5. The molecule has 2 atom stereocenters. The van der Waals surface area contributed by atoms with Gasteiger partial charge in [-0.1, -0.05) is 0 Å². The first-order chi connectivity index (χ1) is 6.88. The average molecular weight is 216 g/mol. The summed E-state index contributed by atoms with van der Waals surface area (Å²) in [7, 11) is 4.75. The first-order valence-electron chi connectivity index (χ1n) is 4.92. The summed E-state index contributed by atoms with van der Waals surface area (Å²) in [6.45, 7) is 3.62. The van der Waals surface area contributed by atoms with E-state index in [4.69, 9.17) is 0 Å². The second-order valence-electron chi connectivity index (χ2n) is 3.80. The molecule has 1 amide bonds. The lowest BCUT2D eigenvalue weighted by molar-refractivity contribution is -0.141. The van der Waals surface area contributed by atoms with E-state index >= 15 is 0 Å². The number of ether oxygens (including phenoxy) is 1. The number of esters is 1. The Kier molecular flexibility index (Phi) is 5.93. The Labute approximate surface area is 90.8 Å². The maximum absolute atomic E-state index is 11.5. The van der Waals surface area contributed by atoms with Gasteiger partial charge in [0.1, 0.15) is 0 Å². The summed E-state index contributed by atoms with van der Waals surface area (Å²) in [4.78, 5) is 23.9. The first-order valence-corrected chi connectivity index (χ1v) is 4.92. The SMILES string of the molecule is COC(=O)CC(C)NC(C)C(=O)N(C)C. The van der Waals surface area contributed by atoms with Gasteiger partial charge in [0, 0.05) is 20.1 Å². The lowest BCUT2D eigenvalue weighted by atomic mass is 10.2. The fourth-order valence-corrected chi connectivity index (χ4v) is 1.28. The smallest absolute Gasteiger partial charge is 0.307 e. The van der Waals surface area contributed by atoms with Crippen LogP contribution in [0.2, 0.25) is 0 Å². The van der Waals surface area contributed by atoms with E-state index in [0.717, 1.165) is 0 Å². The Morgan fingerprint density at radius 2 is 1.87 bits per heavy atom. The molecule has 0 spiro atoms. The monoisotopic (exact) mass is 216 g/mol.